The highest BCUT2D eigenvalue weighted by atomic mass is 35.5. The largest absolute Gasteiger partial charge is 0.461 e. The normalized spacial score (nSPS) is 18.8. The minimum Gasteiger partial charge on any atom is -0.461 e. The van der Waals surface area contributed by atoms with Crippen LogP contribution in [0.25, 0.3) is 0 Å². The first-order valence-corrected chi connectivity index (χ1v) is 8.83. The Bertz CT molecular complexity index is 572. The topological polar surface area (TPSA) is 64.7 Å². The molecule has 4 nitrogen and oxygen atoms in total. The number of hydrogen-bond acceptors (Lipinski definition) is 4. The number of carbonyl (C=O) groups is 1. The van der Waals surface area contributed by atoms with Crippen LogP contribution in [-0.2, 0) is 16.1 Å². The zero-order valence-corrected chi connectivity index (χ0v) is 15.7. The molecule has 0 saturated carbocycles. The van der Waals surface area contributed by atoms with Crippen molar-refractivity contribution in [2.45, 2.75) is 58.1 Å². The van der Waals surface area contributed by atoms with Crippen molar-refractivity contribution in [3.8, 4) is 0 Å². The Hall–Kier alpha value is -1.81. The van der Waals surface area contributed by atoms with Crippen molar-refractivity contribution in [1.82, 2.24) is 0 Å². The predicted molar refractivity (Wildman–Crippen MR) is 105 cm³/mol. The Labute approximate surface area is 157 Å². The average molecular weight is 365 g/mol. The maximum atomic E-state index is 12.0. The van der Waals surface area contributed by atoms with E-state index in [1.807, 2.05) is 37.3 Å². The lowest BCUT2D eigenvalue weighted by molar-refractivity contribution is -0.149. The minimum absolute atomic E-state index is 0. The van der Waals surface area contributed by atoms with Gasteiger partial charge in [0.05, 0.1) is 17.8 Å². The van der Waals surface area contributed by atoms with Crippen molar-refractivity contribution in [1.29, 1.82) is 0 Å². The molecule has 1 aromatic carbocycles. The highest BCUT2D eigenvalue weighted by Crippen LogP contribution is 2.16. The van der Waals surface area contributed by atoms with Crippen molar-refractivity contribution in [3.05, 3.63) is 48.0 Å². The second kappa shape index (κ2) is 11.7. The number of esters is 1. The van der Waals surface area contributed by atoms with E-state index in [9.17, 15) is 4.79 Å². The van der Waals surface area contributed by atoms with Crippen LogP contribution in [0.1, 0.15) is 51.0 Å². The summed E-state index contributed by atoms with van der Waals surface area (Å²) in [7, 11) is 0. The lowest BCUT2D eigenvalue weighted by atomic mass is 10.0. The van der Waals surface area contributed by atoms with E-state index in [0.717, 1.165) is 37.1 Å². The van der Waals surface area contributed by atoms with E-state index >= 15 is 0 Å². The van der Waals surface area contributed by atoms with Crippen molar-refractivity contribution in [2.75, 3.05) is 0 Å². The van der Waals surface area contributed by atoms with Gasteiger partial charge >= 0.3 is 5.97 Å². The summed E-state index contributed by atoms with van der Waals surface area (Å²) in [5, 5.41) is 0. The van der Waals surface area contributed by atoms with E-state index in [1.165, 1.54) is 6.42 Å². The van der Waals surface area contributed by atoms with E-state index in [1.54, 1.807) is 0 Å². The van der Waals surface area contributed by atoms with E-state index in [-0.39, 0.29) is 24.3 Å². The standard InChI is InChI=1S/C20H28N2O2.ClH/c1-16(20(23)24-15-17-10-3-2-4-11-17)9-5-6-12-18-13-7-8-14-19(21)22-18;/h2-6,10-11,16,18H,7-9,12-15H2,1H3,(H2,21,22);1H/b6-5+;/t16-,18-;/m0./s1. The van der Waals surface area contributed by atoms with E-state index in [2.05, 4.69) is 17.1 Å². The number of rotatable bonds is 7. The highest BCUT2D eigenvalue weighted by Gasteiger charge is 2.13. The molecule has 0 unspecified atom stereocenters. The summed E-state index contributed by atoms with van der Waals surface area (Å²) >= 11 is 0. The molecule has 0 spiro atoms. The Morgan fingerprint density at radius 2 is 2.08 bits per heavy atom. The molecule has 2 N–H and O–H groups in total. The first kappa shape index (κ1) is 21.2. The van der Waals surface area contributed by atoms with Gasteiger partial charge in [-0.05, 0) is 31.2 Å². The Morgan fingerprint density at radius 1 is 1.32 bits per heavy atom. The first-order valence-electron chi connectivity index (χ1n) is 8.83. The Morgan fingerprint density at radius 3 is 2.84 bits per heavy atom. The second-order valence-electron chi connectivity index (χ2n) is 6.46. The van der Waals surface area contributed by atoms with Gasteiger partial charge in [-0.25, -0.2) is 0 Å². The zero-order valence-electron chi connectivity index (χ0n) is 14.9. The number of aliphatic imine (C=N–C) groups is 1. The number of allylic oxidation sites excluding steroid dienone is 1. The molecule has 1 heterocycles. The van der Waals surface area contributed by atoms with Gasteiger partial charge in [0, 0.05) is 6.42 Å². The maximum Gasteiger partial charge on any atom is 0.309 e. The summed E-state index contributed by atoms with van der Waals surface area (Å²) in [6, 6.07) is 10.0. The van der Waals surface area contributed by atoms with Gasteiger partial charge in [-0.3, -0.25) is 9.79 Å². The molecule has 25 heavy (non-hydrogen) atoms. The molecule has 0 bridgehead atoms. The van der Waals surface area contributed by atoms with Crippen LogP contribution in [0.5, 0.6) is 0 Å². The second-order valence-corrected chi connectivity index (χ2v) is 6.46. The zero-order chi connectivity index (χ0) is 17.2. The van der Waals surface area contributed by atoms with Crippen LogP contribution in [0.4, 0.5) is 0 Å². The van der Waals surface area contributed by atoms with Gasteiger partial charge in [-0.2, -0.15) is 0 Å². The lowest BCUT2D eigenvalue weighted by Crippen LogP contribution is -2.14. The molecule has 0 aliphatic carbocycles. The fraction of sp³-hybridized carbons (Fsp3) is 0.500. The number of hydrogen-bond donors (Lipinski definition) is 1. The van der Waals surface area contributed by atoms with Gasteiger partial charge in [-0.15, -0.1) is 12.4 Å². The number of amidine groups is 1. The van der Waals surface area contributed by atoms with E-state index in [0.29, 0.717) is 19.1 Å². The maximum absolute atomic E-state index is 12.0. The summed E-state index contributed by atoms with van der Waals surface area (Å²) in [6.45, 7) is 2.24. The third-order valence-corrected chi connectivity index (χ3v) is 4.26. The molecule has 1 aliphatic heterocycles. The fourth-order valence-corrected chi connectivity index (χ4v) is 2.74. The highest BCUT2D eigenvalue weighted by molar-refractivity contribution is 5.85. The molecule has 2 atom stereocenters. The van der Waals surface area contributed by atoms with Crippen LogP contribution in [0, 0.1) is 5.92 Å². The van der Waals surface area contributed by atoms with E-state index < -0.39 is 0 Å². The SMILES string of the molecule is C[C@@H](C/C=C/C[C@H]1CCCCC(N)=N1)C(=O)OCc1ccccc1.Cl. The molecule has 1 aliphatic rings. The molecule has 5 heteroatoms. The van der Waals surface area contributed by atoms with Gasteiger partial charge in [-0.1, -0.05) is 55.8 Å². The van der Waals surface area contributed by atoms with Gasteiger partial charge < -0.3 is 10.5 Å². The monoisotopic (exact) mass is 364 g/mol. The molecule has 0 radical (unpaired) electrons. The summed E-state index contributed by atoms with van der Waals surface area (Å²) in [4.78, 5) is 16.5. The number of benzene rings is 1. The lowest BCUT2D eigenvalue weighted by Gasteiger charge is -2.10. The molecule has 0 amide bonds. The van der Waals surface area contributed by atoms with Gasteiger partial charge in [0.25, 0.3) is 0 Å². The molecule has 2 rings (SSSR count). The number of carbonyl (C=O) groups excluding carboxylic acids is 1. The van der Waals surface area contributed by atoms with Crippen LogP contribution in [0.3, 0.4) is 0 Å². The van der Waals surface area contributed by atoms with Gasteiger partial charge in [0.1, 0.15) is 6.61 Å². The molecule has 1 aromatic rings. The quantitative estimate of drug-likeness (QED) is 0.575. The summed E-state index contributed by atoms with van der Waals surface area (Å²) < 4.78 is 5.36. The van der Waals surface area contributed by atoms with Crippen LogP contribution in [0.15, 0.2) is 47.5 Å². The molecular formula is C20H29ClN2O2. The molecule has 0 aromatic heterocycles. The first-order chi connectivity index (χ1) is 11.6. The molecule has 0 fully saturated rings. The third kappa shape index (κ3) is 8.21. The van der Waals surface area contributed by atoms with Crippen LogP contribution in [0.2, 0.25) is 0 Å². The average Bonchev–Trinajstić information content (AvgIpc) is 2.81. The van der Waals surface area contributed by atoms with Crippen LogP contribution in [-0.4, -0.2) is 17.8 Å². The predicted octanol–water partition coefficient (Wildman–Crippen LogP) is 4.42. The molecular weight excluding hydrogens is 336 g/mol. The van der Waals surface area contributed by atoms with Gasteiger partial charge in [0.15, 0.2) is 0 Å². The number of nitrogens with zero attached hydrogens (tertiary/aromatic N) is 1. The smallest absolute Gasteiger partial charge is 0.309 e. The van der Waals surface area contributed by atoms with Crippen molar-refractivity contribution in [3.63, 3.8) is 0 Å². The number of halogens is 1. The molecule has 0 saturated heterocycles. The minimum atomic E-state index is -0.153. The Balaban J connectivity index is 0.00000312. The third-order valence-electron chi connectivity index (χ3n) is 4.26. The number of ether oxygens (including phenoxy) is 1. The van der Waals surface area contributed by atoms with Crippen molar-refractivity contribution in [2.24, 2.45) is 16.6 Å². The Kier molecular flexibility index (Phi) is 9.93. The van der Waals surface area contributed by atoms with Crippen molar-refractivity contribution < 1.29 is 9.53 Å². The fourth-order valence-electron chi connectivity index (χ4n) is 2.74. The van der Waals surface area contributed by atoms with Crippen LogP contribution < -0.4 is 5.73 Å². The summed E-state index contributed by atoms with van der Waals surface area (Å²) in [5.41, 5.74) is 6.87. The van der Waals surface area contributed by atoms with Crippen LogP contribution >= 0.6 is 12.4 Å². The number of nitrogens with two attached hydrogens (primary N) is 1. The summed E-state index contributed by atoms with van der Waals surface area (Å²) in [6.07, 6.45) is 10.1. The summed E-state index contributed by atoms with van der Waals surface area (Å²) in [5.74, 6) is 0.497. The molecule has 138 valence electrons. The van der Waals surface area contributed by atoms with Gasteiger partial charge in [0.2, 0.25) is 0 Å². The van der Waals surface area contributed by atoms with E-state index in [4.69, 9.17) is 10.5 Å². The van der Waals surface area contributed by atoms with Crippen molar-refractivity contribution >= 4 is 24.2 Å².